The smallest absolute Gasteiger partial charge is 0.135 e. The van der Waals surface area contributed by atoms with E-state index in [4.69, 9.17) is 5.11 Å². The van der Waals surface area contributed by atoms with Crippen LogP contribution in [0.4, 0.5) is 4.39 Å². The molecule has 1 heterocycles. The molecule has 14 heavy (non-hydrogen) atoms. The first kappa shape index (κ1) is 8.69. The zero-order valence-electron chi connectivity index (χ0n) is 7.24. The maximum atomic E-state index is 13.3. The molecule has 1 aromatic heterocycles. The molecule has 0 atom stereocenters. The van der Waals surface area contributed by atoms with Crippen molar-refractivity contribution < 1.29 is 9.50 Å². The van der Waals surface area contributed by atoms with Gasteiger partial charge in [-0.1, -0.05) is 0 Å². The van der Waals surface area contributed by atoms with Gasteiger partial charge >= 0.3 is 0 Å². The highest BCUT2D eigenvalue weighted by Gasteiger charge is 2.05. The van der Waals surface area contributed by atoms with Gasteiger partial charge in [0.25, 0.3) is 0 Å². The van der Waals surface area contributed by atoms with Crippen LogP contribution in [0.3, 0.4) is 0 Å². The Morgan fingerprint density at radius 1 is 1.29 bits per heavy atom. The highest BCUT2D eigenvalue weighted by atomic mass is 19.1. The van der Waals surface area contributed by atoms with Crippen molar-refractivity contribution in [1.82, 2.24) is 4.98 Å². The van der Waals surface area contributed by atoms with Crippen LogP contribution >= 0.6 is 0 Å². The van der Waals surface area contributed by atoms with Crippen molar-refractivity contribution in [3.05, 3.63) is 48.5 Å². The van der Waals surface area contributed by atoms with Crippen molar-refractivity contribution in [1.29, 1.82) is 0 Å². The van der Waals surface area contributed by atoms with Crippen LogP contribution in [0.1, 0.15) is 0 Å². The van der Waals surface area contributed by atoms with E-state index in [1.54, 1.807) is 24.5 Å². The summed E-state index contributed by atoms with van der Waals surface area (Å²) in [5.74, 6) is -0.614. The van der Waals surface area contributed by atoms with Crippen molar-refractivity contribution in [2.24, 2.45) is 0 Å². The minimum absolute atomic E-state index is 0.125. The molecule has 0 saturated heterocycles. The molecule has 0 aliphatic rings. The topological polar surface area (TPSA) is 33.1 Å². The molecule has 69 valence electrons. The number of nitrogens with zero attached hydrogens (tertiary/aromatic N) is 1. The molecule has 0 bridgehead atoms. The number of aromatic nitrogens is 1. The lowest BCUT2D eigenvalue weighted by molar-refractivity contribution is 0.469. The zero-order valence-corrected chi connectivity index (χ0v) is 7.24. The maximum absolute atomic E-state index is 13.3. The summed E-state index contributed by atoms with van der Waals surface area (Å²) in [6, 6.07) is 8.44. The van der Waals surface area contributed by atoms with Gasteiger partial charge in [0.1, 0.15) is 11.6 Å². The summed E-state index contributed by atoms with van der Waals surface area (Å²) in [6.07, 6.45) is 3.16. The summed E-state index contributed by atoms with van der Waals surface area (Å²) in [5.41, 5.74) is 1.03. The minimum Gasteiger partial charge on any atom is -0.508 e. The van der Waals surface area contributed by atoms with Crippen LogP contribution < -0.4 is 0 Å². The molecular formula is C11H7FNO. The predicted octanol–water partition coefficient (Wildman–Crippen LogP) is 2.39. The van der Waals surface area contributed by atoms with Gasteiger partial charge in [-0.15, -0.1) is 0 Å². The Balaban J connectivity index is 2.53. The quantitative estimate of drug-likeness (QED) is 0.745. The second-order valence-corrected chi connectivity index (χ2v) is 2.82. The molecule has 0 amide bonds. The molecule has 0 fully saturated rings. The molecule has 0 unspecified atom stereocenters. The lowest BCUT2D eigenvalue weighted by atomic mass is 10.1. The third-order valence-corrected chi connectivity index (χ3v) is 1.85. The summed E-state index contributed by atoms with van der Waals surface area (Å²) in [7, 11) is 0. The van der Waals surface area contributed by atoms with E-state index in [-0.39, 0.29) is 5.75 Å². The first-order chi connectivity index (χ1) is 6.77. The van der Waals surface area contributed by atoms with Crippen molar-refractivity contribution in [2.45, 2.75) is 0 Å². The highest BCUT2D eigenvalue weighted by molar-refractivity contribution is 5.63. The first-order valence-electron chi connectivity index (χ1n) is 4.08. The molecule has 0 spiro atoms. The van der Waals surface area contributed by atoms with Crippen molar-refractivity contribution in [2.75, 3.05) is 0 Å². The van der Waals surface area contributed by atoms with Gasteiger partial charge in [-0.2, -0.15) is 0 Å². The monoisotopic (exact) mass is 188 g/mol. The van der Waals surface area contributed by atoms with Gasteiger partial charge in [0, 0.05) is 24.0 Å². The second-order valence-electron chi connectivity index (χ2n) is 2.82. The molecule has 1 radical (unpaired) electrons. The standard InChI is InChI=1S/C11H7FNO/c12-11-7-9(14)1-2-10(11)8-3-5-13-6-4-8/h1,3-7,14H. The van der Waals surface area contributed by atoms with Crippen molar-refractivity contribution >= 4 is 0 Å². The summed E-state index contributed by atoms with van der Waals surface area (Å²) in [4.78, 5) is 3.83. The fraction of sp³-hybridized carbons (Fsp3) is 0. The van der Waals surface area contributed by atoms with Crippen molar-refractivity contribution in [3.8, 4) is 16.9 Å². The third-order valence-electron chi connectivity index (χ3n) is 1.85. The maximum Gasteiger partial charge on any atom is 0.135 e. The largest absolute Gasteiger partial charge is 0.508 e. The molecule has 0 aliphatic heterocycles. The summed E-state index contributed by atoms with van der Waals surface area (Å²) in [6.45, 7) is 0. The molecule has 2 rings (SSSR count). The van der Waals surface area contributed by atoms with Crippen LogP contribution in [-0.2, 0) is 0 Å². The highest BCUT2D eigenvalue weighted by Crippen LogP contribution is 2.24. The number of benzene rings is 1. The van der Waals surface area contributed by atoms with Crippen LogP contribution in [0, 0.1) is 11.9 Å². The van der Waals surface area contributed by atoms with Crippen molar-refractivity contribution in [3.63, 3.8) is 0 Å². The summed E-state index contributed by atoms with van der Waals surface area (Å²) < 4.78 is 13.3. The van der Waals surface area contributed by atoms with Gasteiger partial charge in [-0.3, -0.25) is 4.98 Å². The van der Waals surface area contributed by atoms with Crippen LogP contribution in [0.25, 0.3) is 11.1 Å². The van der Waals surface area contributed by atoms with Crippen LogP contribution in [-0.4, -0.2) is 10.1 Å². The van der Waals surface area contributed by atoms with E-state index in [2.05, 4.69) is 11.1 Å². The number of phenols is 1. The van der Waals surface area contributed by atoms with E-state index >= 15 is 0 Å². The lowest BCUT2D eigenvalue weighted by Crippen LogP contribution is -1.84. The zero-order chi connectivity index (χ0) is 9.97. The SMILES string of the molecule is Oc1c[c]c(-c2ccncc2)c(F)c1. The third kappa shape index (κ3) is 1.57. The average molecular weight is 188 g/mol. The second kappa shape index (κ2) is 3.46. The first-order valence-corrected chi connectivity index (χ1v) is 4.08. The van der Waals surface area contributed by atoms with Crippen LogP contribution in [0.2, 0.25) is 0 Å². The van der Waals surface area contributed by atoms with Crippen LogP contribution in [0.15, 0.2) is 36.7 Å². The van der Waals surface area contributed by atoms with Gasteiger partial charge in [-0.25, -0.2) is 4.39 Å². The number of pyridine rings is 1. The Morgan fingerprint density at radius 2 is 2.00 bits per heavy atom. The normalized spacial score (nSPS) is 10.1. The van der Waals surface area contributed by atoms with Crippen LogP contribution in [0.5, 0.6) is 5.75 Å². The van der Waals surface area contributed by atoms with E-state index in [1.807, 2.05) is 0 Å². The Labute approximate surface area is 80.7 Å². The van der Waals surface area contributed by atoms with E-state index in [0.717, 1.165) is 6.07 Å². The number of halogens is 1. The molecule has 0 aliphatic carbocycles. The predicted molar refractivity (Wildman–Crippen MR) is 50.1 cm³/mol. The molecule has 2 nitrogen and oxygen atoms in total. The number of hydrogen-bond donors (Lipinski definition) is 1. The number of rotatable bonds is 1. The van der Waals surface area contributed by atoms with E-state index in [1.165, 1.54) is 6.07 Å². The van der Waals surface area contributed by atoms with Gasteiger partial charge in [0.2, 0.25) is 0 Å². The Bertz CT molecular complexity index is 442. The fourth-order valence-electron chi connectivity index (χ4n) is 1.20. The Hall–Kier alpha value is -1.90. The van der Waals surface area contributed by atoms with Gasteiger partial charge in [-0.05, 0) is 29.8 Å². The number of aromatic hydroxyl groups is 1. The molecule has 2 aromatic rings. The number of hydrogen-bond acceptors (Lipinski definition) is 2. The molecule has 0 saturated carbocycles. The average Bonchev–Trinajstić information content (AvgIpc) is 2.19. The molecule has 3 heteroatoms. The van der Waals surface area contributed by atoms with Gasteiger partial charge in [0.05, 0.1) is 0 Å². The van der Waals surface area contributed by atoms with Gasteiger partial charge in [0.15, 0.2) is 0 Å². The van der Waals surface area contributed by atoms with E-state index < -0.39 is 5.82 Å². The number of phenolic OH excluding ortho intramolecular Hbond substituents is 1. The Morgan fingerprint density at radius 3 is 2.64 bits per heavy atom. The lowest BCUT2D eigenvalue weighted by Gasteiger charge is -2.02. The molecular weight excluding hydrogens is 181 g/mol. The summed E-state index contributed by atoms with van der Waals surface area (Å²) in [5, 5.41) is 9.00. The van der Waals surface area contributed by atoms with E-state index in [0.29, 0.717) is 11.1 Å². The minimum atomic E-state index is -0.490. The molecule has 1 aromatic carbocycles. The Kier molecular flexibility index (Phi) is 2.14. The summed E-state index contributed by atoms with van der Waals surface area (Å²) >= 11 is 0. The fourth-order valence-corrected chi connectivity index (χ4v) is 1.20. The van der Waals surface area contributed by atoms with Gasteiger partial charge < -0.3 is 5.11 Å². The van der Waals surface area contributed by atoms with E-state index in [9.17, 15) is 4.39 Å². The molecule has 1 N–H and O–H groups in total.